The summed E-state index contributed by atoms with van der Waals surface area (Å²) < 4.78 is 0. The largest absolute Gasteiger partial charge is 0.397 e. The Morgan fingerprint density at radius 1 is 1.33 bits per heavy atom. The van der Waals surface area contributed by atoms with Gasteiger partial charge in [0.1, 0.15) is 0 Å². The average molecular weight is 264 g/mol. The highest BCUT2D eigenvalue weighted by Crippen LogP contribution is 2.41. The fourth-order valence-electron chi connectivity index (χ4n) is 2.58. The molecule has 2 N–H and O–H groups in total. The van der Waals surface area contributed by atoms with Crippen LogP contribution in [0.2, 0.25) is 0 Å². The molecule has 2 atom stereocenters. The number of nitrogens with zero attached hydrogens (tertiary/aromatic N) is 1. The van der Waals surface area contributed by atoms with E-state index in [1.54, 1.807) is 11.3 Å². The summed E-state index contributed by atoms with van der Waals surface area (Å²) in [7, 11) is 0. The second-order valence-electron chi connectivity index (χ2n) is 5.87. The zero-order valence-electron chi connectivity index (χ0n) is 11.0. The van der Waals surface area contributed by atoms with Crippen molar-refractivity contribution in [3.63, 3.8) is 0 Å². The molecule has 18 heavy (non-hydrogen) atoms. The van der Waals surface area contributed by atoms with E-state index in [0.717, 1.165) is 42.6 Å². The third-order valence-electron chi connectivity index (χ3n) is 4.22. The van der Waals surface area contributed by atoms with Crippen LogP contribution in [0.4, 0.5) is 10.7 Å². The molecule has 2 fully saturated rings. The standard InChI is InChI=1S/C14H20N2OS/c1-8-6-16(7-9(8)2)12-5-11(15)14(18-12)13(17)10-3-4-10/h5,8-10H,3-4,6-7,15H2,1-2H3. The smallest absolute Gasteiger partial charge is 0.178 e. The molecule has 0 amide bonds. The van der Waals surface area contributed by atoms with E-state index >= 15 is 0 Å². The van der Waals surface area contributed by atoms with Crippen molar-refractivity contribution < 1.29 is 4.79 Å². The monoisotopic (exact) mass is 264 g/mol. The van der Waals surface area contributed by atoms with Crippen molar-refractivity contribution in [1.82, 2.24) is 0 Å². The van der Waals surface area contributed by atoms with Crippen molar-refractivity contribution in [2.24, 2.45) is 17.8 Å². The van der Waals surface area contributed by atoms with Crippen LogP contribution in [0, 0.1) is 17.8 Å². The minimum atomic E-state index is 0.259. The first kappa shape index (κ1) is 12.0. The van der Waals surface area contributed by atoms with E-state index in [-0.39, 0.29) is 11.7 Å². The molecule has 3 nitrogen and oxygen atoms in total. The summed E-state index contributed by atoms with van der Waals surface area (Å²) in [6.07, 6.45) is 2.09. The molecule has 98 valence electrons. The summed E-state index contributed by atoms with van der Waals surface area (Å²) in [5.74, 6) is 1.96. The van der Waals surface area contributed by atoms with E-state index in [9.17, 15) is 4.79 Å². The van der Waals surface area contributed by atoms with Crippen LogP contribution < -0.4 is 10.6 Å². The second kappa shape index (κ2) is 4.26. The number of nitrogens with two attached hydrogens (primary N) is 1. The van der Waals surface area contributed by atoms with Gasteiger partial charge in [0.25, 0.3) is 0 Å². The van der Waals surface area contributed by atoms with Gasteiger partial charge in [-0.2, -0.15) is 0 Å². The van der Waals surface area contributed by atoms with Gasteiger partial charge in [-0.25, -0.2) is 0 Å². The molecule has 0 radical (unpaired) electrons. The summed E-state index contributed by atoms with van der Waals surface area (Å²) in [5, 5.41) is 1.17. The lowest BCUT2D eigenvalue weighted by Gasteiger charge is -2.15. The molecule has 0 aromatic carbocycles. The van der Waals surface area contributed by atoms with Gasteiger partial charge in [0.15, 0.2) is 5.78 Å². The van der Waals surface area contributed by atoms with E-state index < -0.39 is 0 Å². The van der Waals surface area contributed by atoms with Gasteiger partial charge in [-0.3, -0.25) is 4.79 Å². The van der Waals surface area contributed by atoms with Crippen LogP contribution in [-0.4, -0.2) is 18.9 Å². The summed E-state index contributed by atoms with van der Waals surface area (Å²) in [4.78, 5) is 15.3. The van der Waals surface area contributed by atoms with Crippen molar-refractivity contribution in [3.05, 3.63) is 10.9 Å². The molecular formula is C14H20N2OS. The maximum atomic E-state index is 12.1. The first-order valence-corrected chi connectivity index (χ1v) is 7.56. The molecule has 2 aliphatic rings. The van der Waals surface area contributed by atoms with Gasteiger partial charge in [0, 0.05) is 19.0 Å². The molecule has 1 saturated heterocycles. The lowest BCUT2D eigenvalue weighted by Crippen LogP contribution is -2.18. The van der Waals surface area contributed by atoms with Crippen molar-refractivity contribution in [2.75, 3.05) is 23.7 Å². The Morgan fingerprint density at radius 2 is 1.94 bits per heavy atom. The molecule has 1 saturated carbocycles. The Morgan fingerprint density at radius 3 is 2.50 bits per heavy atom. The van der Waals surface area contributed by atoms with Crippen molar-refractivity contribution in [3.8, 4) is 0 Å². The summed E-state index contributed by atoms with van der Waals surface area (Å²) in [6.45, 7) is 6.74. The first-order chi connectivity index (χ1) is 8.56. The van der Waals surface area contributed by atoms with E-state index in [1.807, 2.05) is 6.07 Å². The summed E-state index contributed by atoms with van der Waals surface area (Å²) in [5.41, 5.74) is 6.69. The Kier molecular flexibility index (Phi) is 2.85. The molecule has 2 unspecified atom stereocenters. The maximum Gasteiger partial charge on any atom is 0.178 e. The molecule has 1 aliphatic carbocycles. The Hall–Kier alpha value is -1.03. The lowest BCUT2D eigenvalue weighted by molar-refractivity contribution is 0.0972. The van der Waals surface area contributed by atoms with Crippen LogP contribution in [0.3, 0.4) is 0 Å². The molecule has 0 spiro atoms. The van der Waals surface area contributed by atoms with Gasteiger partial charge in [-0.1, -0.05) is 13.8 Å². The van der Waals surface area contributed by atoms with Crippen molar-refractivity contribution in [2.45, 2.75) is 26.7 Å². The SMILES string of the molecule is CC1CN(c2cc(N)c(C(=O)C3CC3)s2)CC1C. The average Bonchev–Trinajstić information content (AvgIpc) is 3.03. The number of rotatable bonds is 3. The molecule has 0 bridgehead atoms. The number of hydrogen-bond donors (Lipinski definition) is 1. The fourth-order valence-corrected chi connectivity index (χ4v) is 3.70. The number of anilines is 2. The molecule has 3 rings (SSSR count). The van der Waals surface area contributed by atoms with Crippen LogP contribution in [-0.2, 0) is 0 Å². The molecule has 1 aromatic rings. The Labute approximate surface area is 112 Å². The van der Waals surface area contributed by atoms with Crippen molar-refractivity contribution in [1.29, 1.82) is 0 Å². The number of carbonyl (C=O) groups is 1. The topological polar surface area (TPSA) is 46.3 Å². The number of hydrogen-bond acceptors (Lipinski definition) is 4. The van der Waals surface area contributed by atoms with E-state index in [1.165, 1.54) is 5.00 Å². The van der Waals surface area contributed by atoms with Crippen LogP contribution in [0.5, 0.6) is 0 Å². The molecule has 1 aliphatic heterocycles. The highest BCUT2D eigenvalue weighted by Gasteiger charge is 2.34. The fraction of sp³-hybridized carbons (Fsp3) is 0.643. The number of nitrogen functional groups attached to an aromatic ring is 1. The second-order valence-corrected chi connectivity index (χ2v) is 6.90. The van der Waals surface area contributed by atoms with E-state index in [0.29, 0.717) is 5.69 Å². The minimum Gasteiger partial charge on any atom is -0.397 e. The predicted octanol–water partition coefficient (Wildman–Crippen LogP) is 3.02. The maximum absolute atomic E-state index is 12.1. The quantitative estimate of drug-likeness (QED) is 0.854. The number of carbonyl (C=O) groups excluding carboxylic acids is 1. The van der Waals surface area contributed by atoms with Gasteiger partial charge in [-0.15, -0.1) is 11.3 Å². The van der Waals surface area contributed by atoms with Gasteiger partial charge in [0.05, 0.1) is 15.6 Å². The van der Waals surface area contributed by atoms with E-state index in [2.05, 4.69) is 18.7 Å². The van der Waals surface area contributed by atoms with Gasteiger partial charge in [0.2, 0.25) is 0 Å². The van der Waals surface area contributed by atoms with Gasteiger partial charge >= 0.3 is 0 Å². The Bertz CT molecular complexity index is 468. The molecule has 4 heteroatoms. The van der Waals surface area contributed by atoms with Gasteiger partial charge < -0.3 is 10.6 Å². The first-order valence-electron chi connectivity index (χ1n) is 6.74. The Balaban J connectivity index is 1.81. The lowest BCUT2D eigenvalue weighted by atomic mass is 10.0. The number of thiophene rings is 1. The van der Waals surface area contributed by atoms with Gasteiger partial charge in [-0.05, 0) is 30.7 Å². The number of Topliss-reactive ketones (excluding diaryl/α,β-unsaturated/α-hetero) is 1. The zero-order chi connectivity index (χ0) is 12.9. The van der Waals surface area contributed by atoms with Crippen LogP contribution in [0.15, 0.2) is 6.07 Å². The summed E-state index contributed by atoms with van der Waals surface area (Å²) in [6, 6.07) is 1.99. The number of ketones is 1. The van der Waals surface area contributed by atoms with E-state index in [4.69, 9.17) is 5.73 Å². The zero-order valence-corrected chi connectivity index (χ0v) is 11.8. The normalized spacial score (nSPS) is 27.8. The van der Waals surface area contributed by atoms with Crippen LogP contribution >= 0.6 is 11.3 Å². The molecule has 2 heterocycles. The highest BCUT2D eigenvalue weighted by atomic mass is 32.1. The minimum absolute atomic E-state index is 0.259. The molecule has 1 aromatic heterocycles. The van der Waals surface area contributed by atoms with Crippen molar-refractivity contribution >= 4 is 27.8 Å². The van der Waals surface area contributed by atoms with Crippen LogP contribution in [0.1, 0.15) is 36.4 Å². The summed E-state index contributed by atoms with van der Waals surface area (Å²) >= 11 is 1.59. The third-order valence-corrected chi connectivity index (χ3v) is 5.45. The van der Waals surface area contributed by atoms with Crippen LogP contribution in [0.25, 0.3) is 0 Å². The highest BCUT2D eigenvalue weighted by molar-refractivity contribution is 7.18. The molecular weight excluding hydrogens is 244 g/mol. The third kappa shape index (κ3) is 2.03. The predicted molar refractivity (Wildman–Crippen MR) is 76.3 cm³/mol.